The highest BCUT2D eigenvalue weighted by atomic mass is 16.5. The number of carbonyl (C=O) groups is 1. The lowest BCUT2D eigenvalue weighted by Crippen LogP contribution is -2.30. The molecule has 1 amide bonds. The first kappa shape index (κ1) is 17.5. The number of amides is 1. The van der Waals surface area contributed by atoms with Crippen LogP contribution in [-0.4, -0.2) is 38.5 Å². The van der Waals surface area contributed by atoms with E-state index < -0.39 is 0 Å². The van der Waals surface area contributed by atoms with Gasteiger partial charge in [-0.1, -0.05) is 0 Å². The fourth-order valence-corrected chi connectivity index (χ4v) is 3.03. The molecule has 1 aliphatic heterocycles. The van der Waals surface area contributed by atoms with Gasteiger partial charge in [0.15, 0.2) is 0 Å². The zero-order chi connectivity index (χ0) is 19.5. The number of carbonyl (C=O) groups excluding carboxylic acids is 1. The van der Waals surface area contributed by atoms with Gasteiger partial charge in [-0.05, 0) is 42.0 Å². The van der Waals surface area contributed by atoms with E-state index in [1.165, 1.54) is 16.0 Å². The molecular formula is C19H16N6O3. The molecule has 28 heavy (non-hydrogen) atoms. The van der Waals surface area contributed by atoms with Crippen LogP contribution < -0.4 is 4.74 Å². The van der Waals surface area contributed by atoms with Gasteiger partial charge >= 0.3 is 0 Å². The van der Waals surface area contributed by atoms with E-state index in [4.69, 9.17) is 14.4 Å². The molecule has 2 aromatic heterocycles. The summed E-state index contributed by atoms with van der Waals surface area (Å²) in [5, 5.41) is 18.7. The summed E-state index contributed by atoms with van der Waals surface area (Å²) in [6, 6.07) is 12.6. The van der Waals surface area contributed by atoms with Crippen molar-refractivity contribution in [2.24, 2.45) is 5.10 Å². The second kappa shape index (κ2) is 7.36. The minimum absolute atomic E-state index is 0.0132. The minimum Gasteiger partial charge on any atom is -0.497 e. The fraction of sp³-hybridized carbons (Fsp3) is 0.211. The fourth-order valence-electron chi connectivity index (χ4n) is 3.03. The van der Waals surface area contributed by atoms with Gasteiger partial charge in [0, 0.05) is 6.42 Å². The molecule has 0 fully saturated rings. The van der Waals surface area contributed by atoms with Gasteiger partial charge in [0.2, 0.25) is 0 Å². The summed E-state index contributed by atoms with van der Waals surface area (Å²) in [7, 11) is 1.61. The summed E-state index contributed by atoms with van der Waals surface area (Å²) in [4.78, 5) is 16.7. The molecule has 0 spiro atoms. The molecule has 0 aliphatic carbocycles. The van der Waals surface area contributed by atoms with Gasteiger partial charge < -0.3 is 9.15 Å². The van der Waals surface area contributed by atoms with E-state index >= 15 is 0 Å². The van der Waals surface area contributed by atoms with E-state index in [1.807, 2.05) is 36.4 Å². The average molecular weight is 376 g/mol. The second-order valence-corrected chi connectivity index (χ2v) is 6.13. The number of ether oxygens (including phenoxy) is 1. The van der Waals surface area contributed by atoms with E-state index in [-0.39, 0.29) is 24.3 Å². The molecule has 1 aromatic carbocycles. The Morgan fingerprint density at radius 1 is 1.36 bits per heavy atom. The molecule has 1 aliphatic rings. The Hall–Kier alpha value is -3.93. The van der Waals surface area contributed by atoms with Crippen LogP contribution in [0.25, 0.3) is 0 Å². The molecule has 4 rings (SSSR count). The molecule has 9 heteroatoms. The SMILES string of the molecule is COc1ccc(C2=NN(C(=O)Cn3cnc(C#N)n3)C(c3ccco3)C2)cc1. The third-order valence-corrected chi connectivity index (χ3v) is 4.39. The van der Waals surface area contributed by atoms with E-state index in [0.29, 0.717) is 12.2 Å². The Labute approximate surface area is 160 Å². The maximum Gasteiger partial charge on any atom is 0.265 e. The highest BCUT2D eigenvalue weighted by Gasteiger charge is 2.35. The summed E-state index contributed by atoms with van der Waals surface area (Å²) in [5.74, 6) is 1.13. The Balaban J connectivity index is 1.61. The molecule has 0 saturated carbocycles. The summed E-state index contributed by atoms with van der Waals surface area (Å²) in [6.45, 7) is -0.0781. The van der Waals surface area contributed by atoms with Crippen molar-refractivity contribution >= 4 is 11.6 Å². The van der Waals surface area contributed by atoms with Gasteiger partial charge in [0.05, 0.1) is 19.1 Å². The zero-order valence-corrected chi connectivity index (χ0v) is 15.0. The molecule has 0 saturated heterocycles. The van der Waals surface area contributed by atoms with Crippen LogP contribution in [0.15, 0.2) is 58.5 Å². The van der Waals surface area contributed by atoms with Gasteiger partial charge in [0.25, 0.3) is 11.7 Å². The van der Waals surface area contributed by atoms with Crippen molar-refractivity contribution in [2.45, 2.75) is 19.0 Å². The summed E-state index contributed by atoms with van der Waals surface area (Å²) < 4.78 is 12.0. The first-order valence-corrected chi connectivity index (χ1v) is 8.55. The molecular weight excluding hydrogens is 360 g/mol. The van der Waals surface area contributed by atoms with Crippen LogP contribution in [0, 0.1) is 11.3 Å². The third-order valence-electron chi connectivity index (χ3n) is 4.39. The number of hydrazone groups is 1. The smallest absolute Gasteiger partial charge is 0.265 e. The Kier molecular flexibility index (Phi) is 4.60. The van der Waals surface area contributed by atoms with Crippen LogP contribution in [0.5, 0.6) is 5.75 Å². The van der Waals surface area contributed by atoms with Crippen LogP contribution in [0.1, 0.15) is 29.6 Å². The summed E-state index contributed by atoms with van der Waals surface area (Å²) in [6.07, 6.45) is 3.44. The normalized spacial score (nSPS) is 15.9. The summed E-state index contributed by atoms with van der Waals surface area (Å²) >= 11 is 0. The van der Waals surface area contributed by atoms with Gasteiger partial charge in [-0.2, -0.15) is 10.4 Å². The van der Waals surface area contributed by atoms with Crippen LogP contribution in [0.3, 0.4) is 0 Å². The number of rotatable bonds is 5. The number of aromatic nitrogens is 3. The lowest BCUT2D eigenvalue weighted by molar-refractivity contribution is -0.134. The van der Waals surface area contributed by atoms with Crippen LogP contribution >= 0.6 is 0 Å². The number of methoxy groups -OCH3 is 1. The predicted octanol–water partition coefficient (Wildman–Crippen LogP) is 2.13. The number of nitriles is 1. The summed E-state index contributed by atoms with van der Waals surface area (Å²) in [5.41, 5.74) is 1.67. The minimum atomic E-state index is -0.349. The van der Waals surface area contributed by atoms with Crippen molar-refractivity contribution in [2.75, 3.05) is 7.11 Å². The van der Waals surface area contributed by atoms with Gasteiger partial charge in [-0.15, -0.1) is 5.10 Å². The van der Waals surface area contributed by atoms with Crippen molar-refractivity contribution < 1.29 is 13.9 Å². The average Bonchev–Trinajstić information content (AvgIpc) is 3.47. The van der Waals surface area contributed by atoms with Crippen molar-refractivity contribution in [1.82, 2.24) is 19.8 Å². The lowest BCUT2D eigenvalue weighted by Gasteiger charge is -2.19. The maximum absolute atomic E-state index is 12.9. The van der Waals surface area contributed by atoms with Gasteiger partial charge in [0.1, 0.15) is 36.5 Å². The van der Waals surface area contributed by atoms with E-state index in [0.717, 1.165) is 17.0 Å². The first-order chi connectivity index (χ1) is 13.7. The Bertz CT molecular complexity index is 1050. The highest BCUT2D eigenvalue weighted by molar-refractivity contribution is 6.03. The molecule has 0 radical (unpaired) electrons. The quantitative estimate of drug-likeness (QED) is 0.675. The number of hydrogen-bond acceptors (Lipinski definition) is 7. The Morgan fingerprint density at radius 3 is 2.82 bits per heavy atom. The monoisotopic (exact) mass is 376 g/mol. The van der Waals surface area contributed by atoms with E-state index in [1.54, 1.807) is 19.4 Å². The second-order valence-electron chi connectivity index (χ2n) is 6.13. The number of furan rings is 1. The van der Waals surface area contributed by atoms with Crippen LogP contribution in [0.4, 0.5) is 0 Å². The van der Waals surface area contributed by atoms with Gasteiger partial charge in [-0.25, -0.2) is 14.7 Å². The molecule has 0 bridgehead atoms. The molecule has 9 nitrogen and oxygen atoms in total. The van der Waals surface area contributed by atoms with E-state index in [2.05, 4.69) is 15.2 Å². The van der Waals surface area contributed by atoms with Gasteiger partial charge in [-0.3, -0.25) is 4.79 Å². The number of benzene rings is 1. The molecule has 1 atom stereocenters. The third kappa shape index (κ3) is 3.35. The van der Waals surface area contributed by atoms with Crippen LogP contribution in [0.2, 0.25) is 0 Å². The largest absolute Gasteiger partial charge is 0.497 e. The standard InChI is InChI=1S/C19H16N6O3/c1-27-14-6-4-13(5-7-14)15-9-16(17-3-2-8-28-17)25(22-15)19(26)11-24-12-21-18(10-20)23-24/h2-8,12,16H,9,11H2,1H3. The molecule has 3 aromatic rings. The van der Waals surface area contributed by atoms with E-state index in [9.17, 15) is 4.79 Å². The van der Waals surface area contributed by atoms with Crippen molar-refractivity contribution in [1.29, 1.82) is 5.26 Å². The maximum atomic E-state index is 12.9. The van der Waals surface area contributed by atoms with Crippen molar-refractivity contribution in [3.05, 3.63) is 66.1 Å². The lowest BCUT2D eigenvalue weighted by atomic mass is 10.0. The molecule has 0 N–H and O–H groups in total. The Morgan fingerprint density at radius 2 is 2.18 bits per heavy atom. The number of hydrogen-bond donors (Lipinski definition) is 0. The molecule has 3 heterocycles. The van der Waals surface area contributed by atoms with Crippen LogP contribution in [-0.2, 0) is 11.3 Å². The number of nitrogens with zero attached hydrogens (tertiary/aromatic N) is 6. The first-order valence-electron chi connectivity index (χ1n) is 8.55. The highest BCUT2D eigenvalue weighted by Crippen LogP contribution is 2.33. The zero-order valence-electron chi connectivity index (χ0n) is 15.0. The predicted molar refractivity (Wildman–Crippen MR) is 97.2 cm³/mol. The van der Waals surface area contributed by atoms with Crippen molar-refractivity contribution in [3.63, 3.8) is 0 Å². The molecule has 1 unspecified atom stereocenters. The van der Waals surface area contributed by atoms with Crippen molar-refractivity contribution in [3.8, 4) is 11.8 Å². The molecule has 140 valence electrons. The topological polar surface area (TPSA) is 110 Å².